The highest BCUT2D eigenvalue weighted by Crippen LogP contribution is 2.32. The number of nitrogens with zero attached hydrogens (tertiary/aromatic N) is 1. The summed E-state index contributed by atoms with van der Waals surface area (Å²) in [6.07, 6.45) is 0. The first-order valence-electron chi connectivity index (χ1n) is 8.11. The lowest BCUT2D eigenvalue weighted by Gasteiger charge is -2.10. The standard InChI is InChI=1S/C18H21N3O4S.ClH/c1-25-12-11-19-9-10-20-18(22)16-13-14(21(23)24)7-8-17(16)26-15-5-3-2-4-6-15;/h2-8,13,19H,9-12H2,1H3,(H,20,22);1H. The number of hydrogen-bond donors (Lipinski definition) is 2. The van der Waals surface area contributed by atoms with E-state index in [1.165, 1.54) is 23.9 Å². The third-order valence-corrected chi connectivity index (χ3v) is 4.54. The van der Waals surface area contributed by atoms with Crippen LogP contribution in [0.15, 0.2) is 58.3 Å². The molecule has 0 fully saturated rings. The number of halogens is 1. The Morgan fingerprint density at radius 2 is 1.89 bits per heavy atom. The molecule has 0 radical (unpaired) electrons. The van der Waals surface area contributed by atoms with Crippen molar-refractivity contribution in [3.8, 4) is 0 Å². The van der Waals surface area contributed by atoms with Gasteiger partial charge in [-0.05, 0) is 18.2 Å². The predicted octanol–water partition coefficient (Wildman–Crippen LogP) is 3.13. The Labute approximate surface area is 168 Å². The number of methoxy groups -OCH3 is 1. The zero-order valence-electron chi connectivity index (χ0n) is 14.8. The third-order valence-electron chi connectivity index (χ3n) is 3.46. The maximum atomic E-state index is 12.5. The van der Waals surface area contributed by atoms with E-state index in [1.54, 1.807) is 13.2 Å². The van der Waals surface area contributed by atoms with Crippen LogP contribution in [0, 0.1) is 10.1 Å². The van der Waals surface area contributed by atoms with Gasteiger partial charge in [-0.3, -0.25) is 14.9 Å². The number of amides is 1. The molecule has 0 atom stereocenters. The monoisotopic (exact) mass is 411 g/mol. The molecule has 2 N–H and O–H groups in total. The highest BCUT2D eigenvalue weighted by atomic mass is 35.5. The van der Waals surface area contributed by atoms with E-state index in [1.807, 2.05) is 30.3 Å². The average Bonchev–Trinajstić information content (AvgIpc) is 2.65. The largest absolute Gasteiger partial charge is 0.383 e. The molecule has 0 spiro atoms. The molecule has 7 nitrogen and oxygen atoms in total. The van der Waals surface area contributed by atoms with Gasteiger partial charge in [-0.1, -0.05) is 30.0 Å². The first-order chi connectivity index (χ1) is 12.6. The number of nitrogens with one attached hydrogen (secondary N) is 2. The minimum Gasteiger partial charge on any atom is -0.383 e. The number of rotatable bonds is 10. The molecule has 0 aliphatic carbocycles. The van der Waals surface area contributed by atoms with E-state index in [0.29, 0.717) is 36.7 Å². The first-order valence-corrected chi connectivity index (χ1v) is 8.92. The van der Waals surface area contributed by atoms with Crippen molar-refractivity contribution in [2.24, 2.45) is 0 Å². The van der Waals surface area contributed by atoms with Crippen LogP contribution >= 0.6 is 24.2 Å². The first kappa shape index (κ1) is 22.9. The summed E-state index contributed by atoms with van der Waals surface area (Å²) < 4.78 is 4.93. The van der Waals surface area contributed by atoms with Gasteiger partial charge in [0.25, 0.3) is 11.6 Å². The van der Waals surface area contributed by atoms with Crippen molar-refractivity contribution in [3.63, 3.8) is 0 Å². The Morgan fingerprint density at radius 3 is 2.56 bits per heavy atom. The van der Waals surface area contributed by atoms with Crippen LogP contribution in [0.3, 0.4) is 0 Å². The van der Waals surface area contributed by atoms with E-state index in [4.69, 9.17) is 4.74 Å². The molecule has 0 aliphatic rings. The zero-order chi connectivity index (χ0) is 18.8. The summed E-state index contributed by atoms with van der Waals surface area (Å²) in [7, 11) is 1.62. The lowest BCUT2D eigenvalue weighted by atomic mass is 10.2. The van der Waals surface area contributed by atoms with Crippen LogP contribution in [0.25, 0.3) is 0 Å². The van der Waals surface area contributed by atoms with Crippen LogP contribution in [0.5, 0.6) is 0 Å². The van der Waals surface area contributed by atoms with Crippen molar-refractivity contribution in [2.45, 2.75) is 9.79 Å². The summed E-state index contributed by atoms with van der Waals surface area (Å²) in [5.41, 5.74) is 0.190. The second-order valence-corrected chi connectivity index (χ2v) is 6.47. The maximum absolute atomic E-state index is 12.5. The summed E-state index contributed by atoms with van der Waals surface area (Å²) in [6, 6.07) is 13.9. The molecular formula is C18H22ClN3O4S. The van der Waals surface area contributed by atoms with Crippen LogP contribution in [0.2, 0.25) is 0 Å². The van der Waals surface area contributed by atoms with Gasteiger partial charge < -0.3 is 15.4 Å². The molecular weight excluding hydrogens is 390 g/mol. The quantitative estimate of drug-likeness (QED) is 0.354. The molecule has 0 aliphatic heterocycles. The molecule has 2 aromatic carbocycles. The van der Waals surface area contributed by atoms with E-state index in [0.717, 1.165) is 4.90 Å². The second kappa shape index (κ2) is 12.3. The fraction of sp³-hybridized carbons (Fsp3) is 0.278. The van der Waals surface area contributed by atoms with E-state index < -0.39 is 4.92 Å². The van der Waals surface area contributed by atoms with Crippen molar-refractivity contribution in [2.75, 3.05) is 33.4 Å². The van der Waals surface area contributed by atoms with Gasteiger partial charge in [-0.25, -0.2) is 0 Å². The molecule has 0 heterocycles. The number of nitro benzene ring substituents is 1. The number of non-ortho nitro benzene ring substituents is 1. The van der Waals surface area contributed by atoms with E-state index >= 15 is 0 Å². The molecule has 1 amide bonds. The number of nitro groups is 1. The van der Waals surface area contributed by atoms with Gasteiger partial charge in [0.2, 0.25) is 0 Å². The molecule has 0 saturated carbocycles. The summed E-state index contributed by atoms with van der Waals surface area (Å²) in [6.45, 7) is 2.29. The van der Waals surface area contributed by atoms with E-state index in [9.17, 15) is 14.9 Å². The van der Waals surface area contributed by atoms with Crippen molar-refractivity contribution in [1.82, 2.24) is 10.6 Å². The molecule has 2 rings (SSSR count). The summed E-state index contributed by atoms with van der Waals surface area (Å²) in [5, 5.41) is 17.0. The SMILES string of the molecule is COCCNCCNC(=O)c1cc([N+](=O)[O-])ccc1Sc1ccccc1.Cl. The minimum absolute atomic E-state index is 0. The molecule has 0 unspecified atom stereocenters. The Balaban J connectivity index is 0.00000364. The lowest BCUT2D eigenvalue weighted by Crippen LogP contribution is -2.33. The van der Waals surface area contributed by atoms with Crippen LogP contribution in [-0.2, 0) is 4.74 Å². The van der Waals surface area contributed by atoms with E-state index in [-0.39, 0.29) is 24.0 Å². The molecule has 9 heteroatoms. The summed E-state index contributed by atoms with van der Waals surface area (Å²) in [4.78, 5) is 24.7. The van der Waals surface area contributed by atoms with Crippen molar-refractivity contribution < 1.29 is 14.5 Å². The summed E-state index contributed by atoms with van der Waals surface area (Å²) >= 11 is 1.40. The predicted molar refractivity (Wildman–Crippen MR) is 108 cm³/mol. The number of benzene rings is 2. The number of carbonyl (C=O) groups is 1. The van der Waals surface area contributed by atoms with Crippen molar-refractivity contribution in [1.29, 1.82) is 0 Å². The normalized spacial score (nSPS) is 10.1. The Kier molecular flexibility index (Phi) is 10.4. The Morgan fingerprint density at radius 1 is 1.15 bits per heavy atom. The zero-order valence-corrected chi connectivity index (χ0v) is 16.5. The van der Waals surface area contributed by atoms with Crippen LogP contribution in [0.1, 0.15) is 10.4 Å². The highest BCUT2D eigenvalue weighted by molar-refractivity contribution is 7.99. The van der Waals surface area contributed by atoms with Crippen molar-refractivity contribution in [3.05, 3.63) is 64.2 Å². The molecule has 0 saturated heterocycles. The van der Waals surface area contributed by atoms with Gasteiger partial charge in [-0.2, -0.15) is 0 Å². The molecule has 146 valence electrons. The van der Waals surface area contributed by atoms with Gasteiger partial charge in [0.15, 0.2) is 0 Å². The number of hydrogen-bond acceptors (Lipinski definition) is 6. The van der Waals surface area contributed by atoms with Crippen molar-refractivity contribution >= 4 is 35.8 Å². The van der Waals surface area contributed by atoms with Gasteiger partial charge in [0, 0.05) is 48.7 Å². The topological polar surface area (TPSA) is 93.5 Å². The smallest absolute Gasteiger partial charge is 0.270 e. The fourth-order valence-corrected chi connectivity index (χ4v) is 3.12. The highest BCUT2D eigenvalue weighted by Gasteiger charge is 2.17. The second-order valence-electron chi connectivity index (χ2n) is 5.35. The van der Waals surface area contributed by atoms with Gasteiger partial charge >= 0.3 is 0 Å². The van der Waals surface area contributed by atoms with Crippen LogP contribution in [-0.4, -0.2) is 44.2 Å². The van der Waals surface area contributed by atoms with Gasteiger partial charge in [-0.15, -0.1) is 12.4 Å². The molecule has 0 bridgehead atoms. The number of carbonyl (C=O) groups excluding carboxylic acids is 1. The van der Waals surface area contributed by atoms with Gasteiger partial charge in [0.05, 0.1) is 17.1 Å². The average molecular weight is 412 g/mol. The lowest BCUT2D eigenvalue weighted by molar-refractivity contribution is -0.384. The molecule has 2 aromatic rings. The van der Waals surface area contributed by atoms with Gasteiger partial charge in [0.1, 0.15) is 0 Å². The Bertz CT molecular complexity index is 747. The number of ether oxygens (including phenoxy) is 1. The third kappa shape index (κ3) is 7.56. The fourth-order valence-electron chi connectivity index (χ4n) is 2.17. The van der Waals surface area contributed by atoms with Crippen LogP contribution in [0.4, 0.5) is 5.69 Å². The minimum atomic E-state index is -0.500. The summed E-state index contributed by atoms with van der Waals surface area (Å²) in [5.74, 6) is -0.333. The van der Waals surface area contributed by atoms with E-state index in [2.05, 4.69) is 10.6 Å². The maximum Gasteiger partial charge on any atom is 0.270 e. The Hall–Kier alpha value is -2.13. The van der Waals surface area contributed by atoms with Crippen LogP contribution < -0.4 is 10.6 Å². The molecule has 0 aromatic heterocycles. The molecule has 27 heavy (non-hydrogen) atoms.